The number of furan rings is 2. The van der Waals surface area contributed by atoms with Gasteiger partial charge in [0.1, 0.15) is 22.3 Å². The zero-order valence-corrected chi connectivity index (χ0v) is 21.0. The first-order valence-corrected chi connectivity index (χ1v) is 13.1. The Balaban J connectivity index is 1.09. The van der Waals surface area contributed by atoms with Gasteiger partial charge in [0.05, 0.1) is 0 Å². The van der Waals surface area contributed by atoms with Gasteiger partial charge in [0, 0.05) is 32.9 Å². The van der Waals surface area contributed by atoms with Crippen LogP contribution in [0.1, 0.15) is 0 Å². The third-order valence-electron chi connectivity index (χ3n) is 7.49. The summed E-state index contributed by atoms with van der Waals surface area (Å²) in [7, 11) is 0. The van der Waals surface area contributed by atoms with Crippen molar-refractivity contribution in [3.63, 3.8) is 0 Å². The fourth-order valence-electron chi connectivity index (χ4n) is 5.66. The number of benzene rings is 6. The quantitative estimate of drug-likeness (QED) is 0.261. The highest BCUT2D eigenvalue weighted by atomic mass is 16.3. The topological polar surface area (TPSA) is 38.3 Å². The molecule has 0 saturated heterocycles. The van der Waals surface area contributed by atoms with Crippen molar-refractivity contribution in [1.82, 2.24) is 0 Å². The van der Waals surface area contributed by atoms with Gasteiger partial charge in [-0.3, -0.25) is 0 Å². The van der Waals surface area contributed by atoms with Gasteiger partial charge in [-0.2, -0.15) is 0 Å². The summed E-state index contributed by atoms with van der Waals surface area (Å²) in [5, 5.41) is 8.15. The molecule has 39 heavy (non-hydrogen) atoms. The number of rotatable bonds is 4. The van der Waals surface area contributed by atoms with E-state index in [9.17, 15) is 0 Å². The van der Waals surface area contributed by atoms with Crippen LogP contribution >= 0.6 is 0 Å². The monoisotopic (exact) mass is 501 g/mol. The maximum atomic E-state index is 6.08. The predicted octanol–water partition coefficient (Wildman–Crippen LogP) is 10.6. The predicted molar refractivity (Wildman–Crippen MR) is 162 cm³/mol. The third-order valence-corrected chi connectivity index (χ3v) is 7.49. The van der Waals surface area contributed by atoms with Crippen LogP contribution in [0.5, 0.6) is 0 Å². The fraction of sp³-hybridized carbons (Fsp3) is 0. The molecule has 8 aromatic rings. The van der Waals surface area contributed by atoms with Crippen LogP contribution in [0.2, 0.25) is 0 Å². The minimum atomic E-state index is 0.912. The molecule has 2 heterocycles. The SMILES string of the molecule is c1ccc2c(c1)oc1cccc(-c3ccc(Nc4ccc(-c5cccc6oc7ccccc7c56)cc4)cc3)c12. The highest BCUT2D eigenvalue weighted by molar-refractivity contribution is 6.13. The molecule has 6 aromatic carbocycles. The number of nitrogens with one attached hydrogen (secondary N) is 1. The average molecular weight is 502 g/mol. The van der Waals surface area contributed by atoms with E-state index in [-0.39, 0.29) is 0 Å². The smallest absolute Gasteiger partial charge is 0.136 e. The van der Waals surface area contributed by atoms with Gasteiger partial charge >= 0.3 is 0 Å². The summed E-state index contributed by atoms with van der Waals surface area (Å²) in [5.74, 6) is 0. The molecule has 1 N–H and O–H groups in total. The molecule has 0 saturated carbocycles. The molecular weight excluding hydrogens is 478 g/mol. The normalized spacial score (nSPS) is 11.6. The Morgan fingerprint density at radius 2 is 0.769 bits per heavy atom. The van der Waals surface area contributed by atoms with Gasteiger partial charge < -0.3 is 14.2 Å². The van der Waals surface area contributed by atoms with Crippen LogP contribution in [0.3, 0.4) is 0 Å². The Hall–Kier alpha value is -5.28. The average Bonchev–Trinajstić information content (AvgIpc) is 3.56. The first-order valence-electron chi connectivity index (χ1n) is 13.1. The third kappa shape index (κ3) is 3.59. The lowest BCUT2D eigenvalue weighted by Gasteiger charge is -2.10. The largest absolute Gasteiger partial charge is 0.456 e. The zero-order valence-electron chi connectivity index (χ0n) is 21.0. The minimum Gasteiger partial charge on any atom is -0.456 e. The molecule has 184 valence electrons. The van der Waals surface area contributed by atoms with E-state index in [1.54, 1.807) is 0 Å². The van der Waals surface area contributed by atoms with E-state index in [2.05, 4.69) is 102 Å². The van der Waals surface area contributed by atoms with Gasteiger partial charge in [0.2, 0.25) is 0 Å². The molecule has 0 aliphatic rings. The summed E-state index contributed by atoms with van der Waals surface area (Å²) < 4.78 is 12.2. The molecule has 0 radical (unpaired) electrons. The molecule has 0 fully saturated rings. The number of anilines is 2. The number of para-hydroxylation sites is 2. The molecule has 0 bridgehead atoms. The second-order valence-electron chi connectivity index (χ2n) is 9.83. The van der Waals surface area contributed by atoms with Crippen LogP contribution in [-0.4, -0.2) is 0 Å². The van der Waals surface area contributed by atoms with Crippen molar-refractivity contribution >= 4 is 55.3 Å². The molecule has 2 aromatic heterocycles. The van der Waals surface area contributed by atoms with Crippen molar-refractivity contribution in [3.05, 3.63) is 133 Å². The van der Waals surface area contributed by atoms with E-state index in [0.717, 1.165) is 66.4 Å². The van der Waals surface area contributed by atoms with Crippen LogP contribution in [0.25, 0.3) is 66.1 Å². The van der Waals surface area contributed by atoms with Gasteiger partial charge in [-0.15, -0.1) is 0 Å². The van der Waals surface area contributed by atoms with Gasteiger partial charge in [-0.05, 0) is 70.8 Å². The van der Waals surface area contributed by atoms with Crippen molar-refractivity contribution in [3.8, 4) is 22.3 Å². The van der Waals surface area contributed by atoms with Crippen molar-refractivity contribution in [2.45, 2.75) is 0 Å². The van der Waals surface area contributed by atoms with Gasteiger partial charge in [0.25, 0.3) is 0 Å². The van der Waals surface area contributed by atoms with Crippen LogP contribution in [0.4, 0.5) is 11.4 Å². The summed E-state index contributed by atoms with van der Waals surface area (Å²) >= 11 is 0. The van der Waals surface area contributed by atoms with Crippen molar-refractivity contribution < 1.29 is 8.83 Å². The summed E-state index contributed by atoms with van der Waals surface area (Å²) in [6, 6.07) is 46.1. The molecule has 3 nitrogen and oxygen atoms in total. The summed E-state index contributed by atoms with van der Waals surface area (Å²) in [4.78, 5) is 0. The molecular formula is C36H23NO2. The standard InChI is InChI=1S/C36H23NO2/c1-3-11-31-29(7-1)35-27(9-5-13-33(35)38-31)23-15-19-25(20-16-23)37-26-21-17-24(18-22-26)28-10-6-14-34-36(28)30-8-2-4-12-32(30)39-34/h1-22,37H. The number of hydrogen-bond donors (Lipinski definition) is 1. The maximum Gasteiger partial charge on any atom is 0.136 e. The van der Waals surface area contributed by atoms with Gasteiger partial charge in [-0.25, -0.2) is 0 Å². The van der Waals surface area contributed by atoms with E-state index in [1.807, 2.05) is 36.4 Å². The van der Waals surface area contributed by atoms with Crippen LogP contribution in [-0.2, 0) is 0 Å². The number of fused-ring (bicyclic) bond motifs is 6. The lowest BCUT2D eigenvalue weighted by atomic mass is 9.99. The summed E-state index contributed by atoms with van der Waals surface area (Å²) in [5.41, 5.74) is 10.4. The fourth-order valence-corrected chi connectivity index (χ4v) is 5.66. The maximum absolute atomic E-state index is 6.08. The molecule has 0 aliphatic carbocycles. The van der Waals surface area contributed by atoms with Crippen molar-refractivity contribution in [1.29, 1.82) is 0 Å². The zero-order chi connectivity index (χ0) is 25.8. The van der Waals surface area contributed by atoms with Gasteiger partial charge in [-0.1, -0.05) is 84.9 Å². The van der Waals surface area contributed by atoms with Gasteiger partial charge in [0.15, 0.2) is 0 Å². The van der Waals surface area contributed by atoms with E-state index in [0.29, 0.717) is 0 Å². The van der Waals surface area contributed by atoms with Crippen LogP contribution in [0, 0.1) is 0 Å². The molecule has 0 amide bonds. The Kier molecular flexibility index (Phi) is 4.82. The second-order valence-corrected chi connectivity index (χ2v) is 9.83. The van der Waals surface area contributed by atoms with Crippen LogP contribution < -0.4 is 5.32 Å². The molecule has 8 rings (SSSR count). The van der Waals surface area contributed by atoms with Crippen molar-refractivity contribution in [2.75, 3.05) is 5.32 Å². The minimum absolute atomic E-state index is 0.912. The molecule has 0 spiro atoms. The van der Waals surface area contributed by atoms with Crippen molar-refractivity contribution in [2.24, 2.45) is 0 Å². The Morgan fingerprint density at radius 1 is 0.359 bits per heavy atom. The molecule has 0 unspecified atom stereocenters. The Labute approximate surface area is 224 Å². The first-order chi connectivity index (χ1) is 19.3. The second kappa shape index (κ2) is 8.64. The molecule has 3 heteroatoms. The first kappa shape index (κ1) is 21.8. The van der Waals surface area contributed by atoms with E-state index < -0.39 is 0 Å². The number of hydrogen-bond acceptors (Lipinski definition) is 3. The Morgan fingerprint density at radius 3 is 1.23 bits per heavy atom. The highest BCUT2D eigenvalue weighted by Gasteiger charge is 2.13. The Bertz CT molecular complexity index is 1980. The lowest BCUT2D eigenvalue weighted by Crippen LogP contribution is -1.90. The molecule has 0 aliphatic heterocycles. The van der Waals surface area contributed by atoms with E-state index in [1.165, 1.54) is 11.1 Å². The van der Waals surface area contributed by atoms with Crippen LogP contribution in [0.15, 0.2) is 142 Å². The van der Waals surface area contributed by atoms with E-state index in [4.69, 9.17) is 8.83 Å². The lowest BCUT2D eigenvalue weighted by molar-refractivity contribution is 0.668. The highest BCUT2D eigenvalue weighted by Crippen LogP contribution is 2.38. The van der Waals surface area contributed by atoms with E-state index >= 15 is 0 Å². The molecule has 0 atom stereocenters. The summed E-state index contributed by atoms with van der Waals surface area (Å²) in [6.07, 6.45) is 0. The summed E-state index contributed by atoms with van der Waals surface area (Å²) in [6.45, 7) is 0.